The number of amides is 1. The summed E-state index contributed by atoms with van der Waals surface area (Å²) in [6, 6.07) is 15.8. The van der Waals surface area contributed by atoms with Gasteiger partial charge in [-0.1, -0.05) is 30.3 Å². The van der Waals surface area contributed by atoms with Crippen molar-refractivity contribution >= 4 is 17.6 Å². The number of fused-ring (bicyclic) bond motifs is 2. The number of para-hydroxylation sites is 3. The van der Waals surface area contributed by atoms with Gasteiger partial charge in [-0.25, -0.2) is 0 Å². The number of anilines is 1. The van der Waals surface area contributed by atoms with Crippen molar-refractivity contribution in [2.45, 2.75) is 18.9 Å². The smallest absolute Gasteiger partial charge is 0.265 e. The molecular formula is C22H26N4O3. The van der Waals surface area contributed by atoms with Gasteiger partial charge in [0, 0.05) is 26.6 Å². The molecule has 0 aromatic heterocycles. The highest BCUT2D eigenvalue weighted by Crippen LogP contribution is 2.31. The van der Waals surface area contributed by atoms with Gasteiger partial charge in [-0.2, -0.15) is 0 Å². The molecule has 29 heavy (non-hydrogen) atoms. The number of benzene rings is 2. The number of hydrogen-bond acceptors (Lipinski definition) is 4. The number of hydrogen-bond donors (Lipinski definition) is 2. The lowest BCUT2D eigenvalue weighted by atomic mass is 10.1. The van der Waals surface area contributed by atoms with Crippen LogP contribution in [0.3, 0.4) is 0 Å². The van der Waals surface area contributed by atoms with Gasteiger partial charge in [0.25, 0.3) is 5.91 Å². The monoisotopic (exact) mass is 394 g/mol. The first-order valence-corrected chi connectivity index (χ1v) is 9.96. The summed E-state index contributed by atoms with van der Waals surface area (Å²) >= 11 is 0. The third-order valence-electron chi connectivity index (χ3n) is 5.09. The van der Waals surface area contributed by atoms with Gasteiger partial charge in [0.2, 0.25) is 0 Å². The first kappa shape index (κ1) is 19.1. The number of aliphatic imine (C=N–C) groups is 1. The Morgan fingerprint density at radius 3 is 2.76 bits per heavy atom. The number of guanidine groups is 1. The lowest BCUT2D eigenvalue weighted by molar-refractivity contribution is -0.121. The topological polar surface area (TPSA) is 75.2 Å². The molecule has 1 atom stereocenters. The molecule has 1 unspecified atom stereocenters. The Balaban J connectivity index is 1.21. The summed E-state index contributed by atoms with van der Waals surface area (Å²) in [6.45, 7) is 2.11. The van der Waals surface area contributed by atoms with Crippen molar-refractivity contribution in [3.05, 3.63) is 54.1 Å². The number of nitrogens with one attached hydrogen (secondary N) is 2. The van der Waals surface area contributed by atoms with Crippen LogP contribution in [0.1, 0.15) is 12.0 Å². The Bertz CT molecular complexity index is 874. The molecule has 0 saturated carbocycles. The van der Waals surface area contributed by atoms with Crippen LogP contribution in [-0.2, 0) is 11.2 Å². The number of nitrogens with zero attached hydrogens (tertiary/aromatic N) is 2. The average Bonchev–Trinajstić information content (AvgIpc) is 3.17. The maximum Gasteiger partial charge on any atom is 0.265 e. The summed E-state index contributed by atoms with van der Waals surface area (Å²) in [6.07, 6.45) is 1.80. The largest absolute Gasteiger partial charge is 0.488 e. The van der Waals surface area contributed by atoms with E-state index in [0.29, 0.717) is 19.6 Å². The van der Waals surface area contributed by atoms with Crippen LogP contribution in [0, 0.1) is 0 Å². The van der Waals surface area contributed by atoms with Crippen LogP contribution in [-0.4, -0.2) is 51.3 Å². The first-order valence-electron chi connectivity index (χ1n) is 9.96. The van der Waals surface area contributed by atoms with E-state index in [1.807, 2.05) is 42.5 Å². The zero-order valence-corrected chi connectivity index (χ0v) is 16.6. The van der Waals surface area contributed by atoms with Crippen molar-refractivity contribution in [1.82, 2.24) is 10.6 Å². The summed E-state index contributed by atoms with van der Waals surface area (Å²) < 4.78 is 11.4. The predicted molar refractivity (Wildman–Crippen MR) is 113 cm³/mol. The molecule has 2 N–H and O–H groups in total. The summed E-state index contributed by atoms with van der Waals surface area (Å²) in [4.78, 5) is 18.3. The van der Waals surface area contributed by atoms with Gasteiger partial charge in [0.15, 0.2) is 12.6 Å². The Morgan fingerprint density at radius 1 is 1.14 bits per heavy atom. The quantitative estimate of drug-likeness (QED) is 0.445. The van der Waals surface area contributed by atoms with Gasteiger partial charge >= 0.3 is 0 Å². The predicted octanol–water partition coefficient (Wildman–Crippen LogP) is 1.97. The third kappa shape index (κ3) is 4.45. The molecule has 2 aromatic carbocycles. The van der Waals surface area contributed by atoms with Gasteiger partial charge in [0.05, 0.1) is 12.2 Å². The lowest BCUT2D eigenvalue weighted by Crippen LogP contribution is -2.44. The Morgan fingerprint density at radius 2 is 1.93 bits per heavy atom. The second-order valence-corrected chi connectivity index (χ2v) is 7.09. The van der Waals surface area contributed by atoms with Crippen LogP contribution in [0.5, 0.6) is 11.5 Å². The van der Waals surface area contributed by atoms with Crippen LogP contribution in [0.4, 0.5) is 5.69 Å². The molecule has 2 aromatic rings. The molecule has 0 spiro atoms. The first-order chi connectivity index (χ1) is 14.2. The van der Waals surface area contributed by atoms with Gasteiger partial charge in [-0.15, -0.1) is 0 Å². The number of rotatable bonds is 6. The fraction of sp³-hybridized carbons (Fsp3) is 0.364. The van der Waals surface area contributed by atoms with E-state index in [0.717, 1.165) is 36.0 Å². The highest BCUT2D eigenvalue weighted by Gasteiger charge is 2.25. The molecule has 0 radical (unpaired) electrons. The lowest BCUT2D eigenvalue weighted by Gasteiger charge is -2.29. The molecule has 152 valence electrons. The van der Waals surface area contributed by atoms with Crippen molar-refractivity contribution in [2.75, 3.05) is 38.2 Å². The maximum atomic E-state index is 12.2. The van der Waals surface area contributed by atoms with Crippen molar-refractivity contribution in [1.29, 1.82) is 0 Å². The minimum atomic E-state index is -0.0100. The van der Waals surface area contributed by atoms with E-state index in [1.54, 1.807) is 11.9 Å². The van der Waals surface area contributed by atoms with Crippen LogP contribution in [0.25, 0.3) is 0 Å². The van der Waals surface area contributed by atoms with E-state index in [-0.39, 0.29) is 18.6 Å². The van der Waals surface area contributed by atoms with Gasteiger partial charge < -0.3 is 25.0 Å². The Hall–Kier alpha value is -3.22. The van der Waals surface area contributed by atoms with Gasteiger partial charge in [0.1, 0.15) is 17.6 Å². The number of ether oxygens (including phenoxy) is 2. The average molecular weight is 394 g/mol. The molecule has 2 aliphatic rings. The van der Waals surface area contributed by atoms with Crippen LogP contribution >= 0.6 is 0 Å². The highest BCUT2D eigenvalue weighted by atomic mass is 16.5. The van der Waals surface area contributed by atoms with Crippen molar-refractivity contribution in [3.63, 3.8) is 0 Å². The second-order valence-electron chi connectivity index (χ2n) is 7.09. The van der Waals surface area contributed by atoms with E-state index in [9.17, 15) is 4.79 Å². The molecule has 0 bridgehead atoms. The molecule has 4 rings (SSSR count). The van der Waals surface area contributed by atoms with Crippen LogP contribution in [0.2, 0.25) is 0 Å². The molecule has 2 heterocycles. The van der Waals surface area contributed by atoms with Crippen LogP contribution < -0.4 is 25.0 Å². The molecule has 0 aliphatic carbocycles. The molecule has 0 saturated heterocycles. The highest BCUT2D eigenvalue weighted by molar-refractivity contribution is 5.97. The zero-order valence-electron chi connectivity index (χ0n) is 16.6. The molecular weight excluding hydrogens is 368 g/mol. The molecule has 0 fully saturated rings. The van der Waals surface area contributed by atoms with Gasteiger partial charge in [-0.3, -0.25) is 9.79 Å². The van der Waals surface area contributed by atoms with Crippen molar-refractivity contribution < 1.29 is 14.3 Å². The SMILES string of the molecule is CN=C(NCCCN1C(=O)COc2ccccc21)NCC1Cc2ccccc2O1. The molecule has 2 aliphatic heterocycles. The molecule has 7 heteroatoms. The summed E-state index contributed by atoms with van der Waals surface area (Å²) in [5.74, 6) is 2.45. The van der Waals surface area contributed by atoms with Crippen molar-refractivity contribution in [2.24, 2.45) is 4.99 Å². The second kappa shape index (κ2) is 8.86. The Labute approximate surface area is 170 Å². The number of carbonyl (C=O) groups excluding carboxylic acids is 1. The molecule has 7 nitrogen and oxygen atoms in total. The normalized spacial score (nSPS) is 17.8. The number of carbonyl (C=O) groups is 1. The van der Waals surface area contributed by atoms with Crippen LogP contribution in [0.15, 0.2) is 53.5 Å². The standard InChI is InChI=1S/C22H26N4O3/c1-23-22(25-14-17-13-16-7-2-4-9-19(16)29-17)24-11-6-12-26-18-8-3-5-10-20(18)28-15-21(26)27/h2-5,7-10,17H,6,11-15H2,1H3,(H2,23,24,25). The van der Waals surface area contributed by atoms with E-state index < -0.39 is 0 Å². The fourth-order valence-electron chi connectivity index (χ4n) is 3.64. The van der Waals surface area contributed by atoms with Gasteiger partial charge in [-0.05, 0) is 30.2 Å². The Kier molecular flexibility index (Phi) is 5.84. The van der Waals surface area contributed by atoms with E-state index in [1.165, 1.54) is 5.56 Å². The minimum Gasteiger partial charge on any atom is -0.488 e. The van der Waals surface area contributed by atoms with E-state index >= 15 is 0 Å². The third-order valence-corrected chi connectivity index (χ3v) is 5.09. The fourth-order valence-corrected chi connectivity index (χ4v) is 3.64. The summed E-state index contributed by atoms with van der Waals surface area (Å²) in [5, 5.41) is 6.63. The summed E-state index contributed by atoms with van der Waals surface area (Å²) in [5.41, 5.74) is 2.09. The summed E-state index contributed by atoms with van der Waals surface area (Å²) in [7, 11) is 1.75. The molecule has 1 amide bonds. The van der Waals surface area contributed by atoms with Crippen molar-refractivity contribution in [3.8, 4) is 11.5 Å². The zero-order chi connectivity index (χ0) is 20.1. The minimum absolute atomic E-state index is 0.0100. The van der Waals surface area contributed by atoms with E-state index in [2.05, 4.69) is 21.7 Å². The maximum absolute atomic E-state index is 12.2. The van der Waals surface area contributed by atoms with E-state index in [4.69, 9.17) is 9.47 Å².